The van der Waals surface area contributed by atoms with Gasteiger partial charge in [0.15, 0.2) is 5.82 Å². The van der Waals surface area contributed by atoms with Gasteiger partial charge in [-0.25, -0.2) is 9.97 Å². The summed E-state index contributed by atoms with van der Waals surface area (Å²) in [6.07, 6.45) is 0. The van der Waals surface area contributed by atoms with Crippen molar-refractivity contribution in [3.05, 3.63) is 40.8 Å². The van der Waals surface area contributed by atoms with Gasteiger partial charge in [-0.15, -0.1) is 11.3 Å². The Balaban J connectivity index is 1.96. The molecule has 24 heavy (non-hydrogen) atoms. The first kappa shape index (κ1) is 15.1. The van der Waals surface area contributed by atoms with Gasteiger partial charge in [-0.05, 0) is 12.5 Å². The number of fused-ring (bicyclic) bond motifs is 1. The maximum Gasteiger partial charge on any atom is 0.163 e. The number of thiophene rings is 1. The van der Waals surface area contributed by atoms with Gasteiger partial charge in [-0.3, -0.25) is 0 Å². The van der Waals surface area contributed by atoms with Crippen molar-refractivity contribution < 1.29 is 0 Å². The molecule has 0 saturated carbocycles. The molecule has 1 aliphatic rings. The lowest BCUT2D eigenvalue weighted by molar-refractivity contribution is 0.586. The number of hydrogen-bond donors (Lipinski definition) is 1. The minimum absolute atomic E-state index is 0.723. The monoisotopic (exact) mass is 335 g/mol. The van der Waals surface area contributed by atoms with Crippen LogP contribution in [0, 0.1) is 18.3 Å². The van der Waals surface area contributed by atoms with Crippen LogP contribution in [0.4, 0.5) is 5.82 Å². The standard InChI is InChI=1S/C18H17N5S/c1-12-14(11-19)24-18-15(12)17(23-9-7-20-8-10-23)21-16(22-18)13-5-3-2-4-6-13/h2-6,20H,7-10H2,1H3. The second-order valence-corrected chi connectivity index (χ2v) is 6.82. The van der Waals surface area contributed by atoms with E-state index in [1.165, 1.54) is 11.3 Å². The van der Waals surface area contributed by atoms with E-state index >= 15 is 0 Å². The van der Waals surface area contributed by atoms with E-state index in [9.17, 15) is 5.26 Å². The third-order valence-electron chi connectivity index (χ3n) is 4.32. The van der Waals surface area contributed by atoms with E-state index in [0.29, 0.717) is 0 Å². The van der Waals surface area contributed by atoms with Crippen LogP contribution < -0.4 is 10.2 Å². The number of nitriles is 1. The van der Waals surface area contributed by atoms with Crippen molar-refractivity contribution in [3.8, 4) is 17.5 Å². The van der Waals surface area contributed by atoms with Crippen LogP contribution >= 0.6 is 11.3 Å². The van der Waals surface area contributed by atoms with Crippen molar-refractivity contribution in [2.45, 2.75) is 6.92 Å². The topological polar surface area (TPSA) is 64.8 Å². The molecule has 0 spiro atoms. The average Bonchev–Trinajstić information content (AvgIpc) is 2.98. The van der Waals surface area contributed by atoms with E-state index in [1.807, 2.05) is 37.3 Å². The van der Waals surface area contributed by atoms with Crippen molar-refractivity contribution in [2.24, 2.45) is 0 Å². The zero-order valence-corrected chi connectivity index (χ0v) is 14.2. The van der Waals surface area contributed by atoms with Crippen LogP contribution in [0.5, 0.6) is 0 Å². The number of nitrogens with one attached hydrogen (secondary N) is 1. The highest BCUT2D eigenvalue weighted by atomic mass is 32.1. The first-order valence-electron chi connectivity index (χ1n) is 8.00. The second kappa shape index (κ2) is 6.19. The van der Waals surface area contributed by atoms with E-state index in [2.05, 4.69) is 16.3 Å². The molecule has 0 aliphatic carbocycles. The van der Waals surface area contributed by atoms with Gasteiger partial charge >= 0.3 is 0 Å². The predicted octanol–water partition coefficient (Wildman–Crippen LogP) is 2.95. The molecule has 5 nitrogen and oxygen atoms in total. The summed E-state index contributed by atoms with van der Waals surface area (Å²) >= 11 is 1.46. The number of aromatic nitrogens is 2. The van der Waals surface area contributed by atoms with E-state index in [-0.39, 0.29) is 0 Å². The smallest absolute Gasteiger partial charge is 0.163 e. The fourth-order valence-corrected chi connectivity index (χ4v) is 4.02. The summed E-state index contributed by atoms with van der Waals surface area (Å²) in [5.41, 5.74) is 1.99. The molecule has 120 valence electrons. The predicted molar refractivity (Wildman–Crippen MR) is 97.4 cm³/mol. The Hall–Kier alpha value is -2.49. The number of hydrogen-bond acceptors (Lipinski definition) is 6. The molecule has 1 aromatic carbocycles. The molecule has 0 radical (unpaired) electrons. The number of anilines is 1. The number of nitrogens with zero attached hydrogens (tertiary/aromatic N) is 4. The summed E-state index contributed by atoms with van der Waals surface area (Å²) in [4.78, 5) is 13.5. The average molecular weight is 335 g/mol. The molecule has 6 heteroatoms. The Morgan fingerprint density at radius 3 is 2.62 bits per heavy atom. The quantitative estimate of drug-likeness (QED) is 0.780. The van der Waals surface area contributed by atoms with Crippen LogP contribution in [0.2, 0.25) is 0 Å². The zero-order chi connectivity index (χ0) is 16.5. The molecule has 3 heterocycles. The number of rotatable bonds is 2. The SMILES string of the molecule is Cc1c(C#N)sc2nc(-c3ccccc3)nc(N3CCNCC3)c12. The molecule has 1 fully saturated rings. The summed E-state index contributed by atoms with van der Waals surface area (Å²) in [5, 5.41) is 13.8. The van der Waals surface area contributed by atoms with Crippen LogP contribution in [0.3, 0.4) is 0 Å². The molecule has 3 aromatic rings. The van der Waals surface area contributed by atoms with Crippen molar-refractivity contribution >= 4 is 27.4 Å². The Morgan fingerprint density at radius 2 is 1.92 bits per heavy atom. The van der Waals surface area contributed by atoms with Crippen molar-refractivity contribution in [1.82, 2.24) is 15.3 Å². The Labute approximate surface area is 144 Å². The summed E-state index contributed by atoms with van der Waals surface area (Å²) < 4.78 is 0. The van der Waals surface area contributed by atoms with E-state index < -0.39 is 0 Å². The van der Waals surface area contributed by atoms with Crippen molar-refractivity contribution in [3.63, 3.8) is 0 Å². The highest BCUT2D eigenvalue weighted by molar-refractivity contribution is 7.19. The Morgan fingerprint density at radius 1 is 1.17 bits per heavy atom. The van der Waals surface area contributed by atoms with E-state index in [0.717, 1.165) is 64.0 Å². The van der Waals surface area contributed by atoms with Crippen molar-refractivity contribution in [2.75, 3.05) is 31.1 Å². The molecule has 0 atom stereocenters. The first-order valence-corrected chi connectivity index (χ1v) is 8.82. The van der Waals surface area contributed by atoms with Crippen LogP contribution in [-0.4, -0.2) is 36.1 Å². The lowest BCUT2D eigenvalue weighted by atomic mass is 10.1. The lowest BCUT2D eigenvalue weighted by Gasteiger charge is -2.29. The van der Waals surface area contributed by atoms with Crippen LogP contribution in [0.25, 0.3) is 21.6 Å². The number of piperazine rings is 1. The highest BCUT2D eigenvalue weighted by Gasteiger charge is 2.22. The Bertz CT molecular complexity index is 920. The fraction of sp³-hybridized carbons (Fsp3) is 0.278. The largest absolute Gasteiger partial charge is 0.353 e. The maximum absolute atomic E-state index is 9.40. The van der Waals surface area contributed by atoms with E-state index in [1.54, 1.807) is 0 Å². The molecule has 4 rings (SSSR count). The van der Waals surface area contributed by atoms with E-state index in [4.69, 9.17) is 9.97 Å². The zero-order valence-electron chi connectivity index (χ0n) is 13.4. The third-order valence-corrected chi connectivity index (χ3v) is 5.41. The van der Waals surface area contributed by atoms with Crippen LogP contribution in [-0.2, 0) is 0 Å². The molecule has 0 unspecified atom stereocenters. The van der Waals surface area contributed by atoms with Crippen LogP contribution in [0.1, 0.15) is 10.4 Å². The van der Waals surface area contributed by atoms with Gasteiger partial charge < -0.3 is 10.2 Å². The molecule has 2 aromatic heterocycles. The fourth-order valence-electron chi connectivity index (χ4n) is 3.05. The van der Waals surface area contributed by atoms with Gasteiger partial charge in [-0.1, -0.05) is 30.3 Å². The summed E-state index contributed by atoms with van der Waals surface area (Å²) in [6.45, 7) is 5.71. The molecule has 1 aliphatic heterocycles. The van der Waals surface area contributed by atoms with Gasteiger partial charge in [-0.2, -0.15) is 5.26 Å². The normalized spacial score (nSPS) is 14.8. The maximum atomic E-state index is 9.40. The minimum atomic E-state index is 0.723. The van der Waals surface area contributed by atoms with Gasteiger partial charge in [0.05, 0.1) is 5.39 Å². The van der Waals surface area contributed by atoms with Gasteiger partial charge in [0.25, 0.3) is 0 Å². The molecule has 1 saturated heterocycles. The third kappa shape index (κ3) is 2.52. The van der Waals surface area contributed by atoms with Crippen LogP contribution in [0.15, 0.2) is 30.3 Å². The lowest BCUT2D eigenvalue weighted by Crippen LogP contribution is -2.44. The minimum Gasteiger partial charge on any atom is -0.353 e. The highest BCUT2D eigenvalue weighted by Crippen LogP contribution is 2.36. The van der Waals surface area contributed by atoms with Gasteiger partial charge in [0.1, 0.15) is 21.6 Å². The van der Waals surface area contributed by atoms with Gasteiger partial charge in [0.2, 0.25) is 0 Å². The van der Waals surface area contributed by atoms with Gasteiger partial charge in [0, 0.05) is 31.7 Å². The van der Waals surface area contributed by atoms with Crippen molar-refractivity contribution in [1.29, 1.82) is 5.26 Å². The molecule has 0 amide bonds. The molecule has 0 bridgehead atoms. The molecule has 1 N–H and O–H groups in total. The molecular weight excluding hydrogens is 318 g/mol. The summed E-state index contributed by atoms with van der Waals surface area (Å²) in [7, 11) is 0. The second-order valence-electron chi connectivity index (χ2n) is 5.82. The number of aryl methyl sites for hydroxylation is 1. The Kier molecular flexibility index (Phi) is 3.89. The number of benzene rings is 1. The molecular formula is C18H17N5S. The summed E-state index contributed by atoms with van der Waals surface area (Å²) in [6, 6.07) is 12.3. The summed E-state index contributed by atoms with van der Waals surface area (Å²) in [5.74, 6) is 1.68. The first-order chi connectivity index (χ1) is 11.8.